The number of amides is 1. The molecule has 5 rings (SSSR count). The third kappa shape index (κ3) is 6.09. The summed E-state index contributed by atoms with van der Waals surface area (Å²) in [4.78, 5) is 48.6. The van der Waals surface area contributed by atoms with Crippen molar-refractivity contribution in [1.82, 2.24) is 24.4 Å². The molecule has 45 heavy (non-hydrogen) atoms. The molecule has 1 saturated heterocycles. The number of hydrogen-bond donors (Lipinski definition) is 0. The van der Waals surface area contributed by atoms with Crippen LogP contribution < -0.4 is 10.5 Å². The molecule has 0 unspecified atom stereocenters. The molecule has 4 heterocycles. The van der Waals surface area contributed by atoms with Crippen LogP contribution in [0, 0.1) is 12.4 Å². The van der Waals surface area contributed by atoms with Crippen molar-refractivity contribution in [3.63, 3.8) is 0 Å². The quantitative estimate of drug-likeness (QED) is 0.117. The van der Waals surface area contributed by atoms with Crippen LogP contribution >= 0.6 is 27.5 Å². The van der Waals surface area contributed by atoms with E-state index < -0.39 is 11.4 Å². The predicted octanol–water partition coefficient (Wildman–Crippen LogP) is 7.03. The minimum atomic E-state index is -0.584. The van der Waals surface area contributed by atoms with Crippen LogP contribution in [0.3, 0.4) is 0 Å². The molecule has 9 nitrogen and oxygen atoms in total. The molecule has 0 N–H and O–H groups in total. The van der Waals surface area contributed by atoms with Gasteiger partial charge in [0, 0.05) is 42.5 Å². The maximum absolute atomic E-state index is 15.1. The lowest BCUT2D eigenvalue weighted by molar-refractivity contribution is -0.126. The van der Waals surface area contributed by atoms with Crippen molar-refractivity contribution in [3.05, 3.63) is 92.8 Å². The zero-order valence-corrected chi connectivity index (χ0v) is 27.7. The number of benzene rings is 1. The van der Waals surface area contributed by atoms with E-state index in [1.807, 2.05) is 32.6 Å². The number of pyridine rings is 2. The first-order valence-electron chi connectivity index (χ1n) is 14.6. The molecule has 1 aliphatic rings. The molecule has 3 aromatic heterocycles. The van der Waals surface area contributed by atoms with Gasteiger partial charge in [0.1, 0.15) is 17.8 Å². The van der Waals surface area contributed by atoms with Gasteiger partial charge in [-0.15, -0.1) is 0 Å². The molecular formula is C33H32BrClFN7O2. The van der Waals surface area contributed by atoms with Crippen LogP contribution in [0.1, 0.15) is 50.9 Å². The molecule has 0 bridgehead atoms. The maximum atomic E-state index is 15.1. The smallest absolute Gasteiger partial charge is 0.274 e. The Morgan fingerprint density at radius 2 is 1.73 bits per heavy atom. The first kappa shape index (κ1) is 32.3. The first-order valence-corrected chi connectivity index (χ1v) is 16.1. The highest BCUT2D eigenvalue weighted by Crippen LogP contribution is 2.40. The molecule has 0 aliphatic carbocycles. The van der Waals surface area contributed by atoms with Gasteiger partial charge >= 0.3 is 0 Å². The second-order valence-electron chi connectivity index (χ2n) is 11.3. The van der Waals surface area contributed by atoms with Crippen molar-refractivity contribution >= 4 is 55.8 Å². The molecule has 1 aliphatic heterocycles. The van der Waals surface area contributed by atoms with Gasteiger partial charge < -0.3 is 9.80 Å². The Morgan fingerprint density at radius 1 is 1.09 bits per heavy atom. The Bertz CT molecular complexity index is 1880. The van der Waals surface area contributed by atoms with E-state index >= 15 is 4.39 Å². The summed E-state index contributed by atoms with van der Waals surface area (Å²) in [5.74, 6) is -0.811. The van der Waals surface area contributed by atoms with Gasteiger partial charge in [-0.1, -0.05) is 73.4 Å². The Balaban J connectivity index is 1.84. The van der Waals surface area contributed by atoms with Crippen LogP contribution in [0.2, 0.25) is 5.02 Å². The van der Waals surface area contributed by atoms with E-state index in [4.69, 9.17) is 23.2 Å². The lowest BCUT2D eigenvalue weighted by atomic mass is 10.0. The number of allylic oxidation sites excluding steroid dienone is 1. The highest BCUT2D eigenvalue weighted by molar-refractivity contribution is 9.09. The number of rotatable bonds is 7. The van der Waals surface area contributed by atoms with E-state index in [0.717, 1.165) is 0 Å². The van der Waals surface area contributed by atoms with Crippen LogP contribution in [-0.2, 0) is 4.79 Å². The van der Waals surface area contributed by atoms with E-state index in [1.54, 1.807) is 35.2 Å². The molecule has 4 aromatic rings. The second kappa shape index (κ2) is 13.5. The number of carbonyl (C=O) groups excluding carboxylic acids is 1. The molecule has 0 atom stereocenters. The third-order valence-electron chi connectivity index (χ3n) is 7.75. The van der Waals surface area contributed by atoms with E-state index in [1.165, 1.54) is 23.0 Å². The zero-order valence-electron chi connectivity index (χ0n) is 25.4. The van der Waals surface area contributed by atoms with Crippen molar-refractivity contribution in [2.24, 2.45) is 0 Å². The summed E-state index contributed by atoms with van der Waals surface area (Å²) >= 11 is 10.1. The summed E-state index contributed by atoms with van der Waals surface area (Å²) in [6.07, 6.45) is 4.75. The van der Waals surface area contributed by atoms with Gasteiger partial charge in [-0.3, -0.25) is 14.2 Å². The lowest BCUT2D eigenvalue weighted by Crippen LogP contribution is -2.48. The molecule has 1 amide bonds. The molecule has 1 aromatic carbocycles. The Hall–Kier alpha value is -4.14. The number of anilines is 1. The number of fused-ring (bicyclic) bond motifs is 1. The SMILES string of the molecule is [C-]#[N+]c1c(N2CCN(C(=O)/C=C/CBr)CC2)c2cc(Cl)c(-c3ccccc3F)nc2n(-c2c(C(C)C)ncnc2C(C)C)c1=O. The highest BCUT2D eigenvalue weighted by Gasteiger charge is 2.30. The van der Waals surface area contributed by atoms with Crippen LogP contribution in [0.4, 0.5) is 15.8 Å². The minimum Gasteiger partial charge on any atom is -0.376 e. The van der Waals surface area contributed by atoms with Crippen LogP contribution in [-0.4, -0.2) is 61.8 Å². The molecule has 232 valence electrons. The van der Waals surface area contributed by atoms with Crippen molar-refractivity contribution in [2.45, 2.75) is 39.5 Å². The summed E-state index contributed by atoms with van der Waals surface area (Å²) in [5, 5.41) is 1.20. The lowest BCUT2D eigenvalue weighted by Gasteiger charge is -2.37. The Kier molecular flexibility index (Phi) is 9.65. The number of halogens is 3. The molecule has 0 saturated carbocycles. The van der Waals surface area contributed by atoms with Gasteiger partial charge in [-0.2, -0.15) is 0 Å². The summed E-state index contributed by atoms with van der Waals surface area (Å²) in [6.45, 7) is 17.6. The fourth-order valence-electron chi connectivity index (χ4n) is 5.61. The minimum absolute atomic E-state index is 0.0962. The predicted molar refractivity (Wildman–Crippen MR) is 180 cm³/mol. The summed E-state index contributed by atoms with van der Waals surface area (Å²) < 4.78 is 16.5. The number of hydrogen-bond acceptors (Lipinski definition) is 6. The van der Waals surface area contributed by atoms with Crippen molar-refractivity contribution in [2.75, 3.05) is 36.4 Å². The van der Waals surface area contributed by atoms with E-state index in [2.05, 4.69) is 30.7 Å². The van der Waals surface area contributed by atoms with Gasteiger partial charge in [0.25, 0.3) is 11.2 Å². The number of alkyl halides is 1. The standard InChI is InChI=1S/C33H32BrClFN7O2/c1-19(2)26-31(27(20(3)4)39-18-38-26)43-32-22(17-23(35)28(40-32)21-9-6-7-10-24(21)36)30(29(37-5)33(43)45)42-15-13-41(14-16-42)25(44)11-8-12-34/h6-11,17-20H,12-16H2,1-4H3/b11-8+. The number of nitrogens with zero attached hydrogens (tertiary/aromatic N) is 7. The molecule has 0 spiro atoms. The number of aromatic nitrogens is 4. The largest absolute Gasteiger partial charge is 0.376 e. The topological polar surface area (TPSA) is 88.6 Å². The number of carbonyl (C=O) groups is 1. The zero-order chi connectivity index (χ0) is 32.4. The molecular weight excluding hydrogens is 661 g/mol. The monoisotopic (exact) mass is 691 g/mol. The van der Waals surface area contributed by atoms with Crippen molar-refractivity contribution in [1.29, 1.82) is 0 Å². The fraction of sp³-hybridized carbons (Fsp3) is 0.333. The van der Waals surface area contributed by atoms with Gasteiger partial charge in [0.05, 0.1) is 40.1 Å². The summed E-state index contributed by atoms with van der Waals surface area (Å²) in [7, 11) is 0. The summed E-state index contributed by atoms with van der Waals surface area (Å²) in [6, 6.07) is 7.82. The van der Waals surface area contributed by atoms with E-state index in [-0.39, 0.29) is 45.4 Å². The average Bonchev–Trinajstić information content (AvgIpc) is 3.03. The average molecular weight is 693 g/mol. The van der Waals surface area contributed by atoms with Crippen LogP contribution in [0.5, 0.6) is 0 Å². The van der Waals surface area contributed by atoms with E-state index in [9.17, 15) is 9.59 Å². The molecule has 0 radical (unpaired) electrons. The second-order valence-corrected chi connectivity index (χ2v) is 12.3. The van der Waals surface area contributed by atoms with Crippen molar-refractivity contribution < 1.29 is 9.18 Å². The van der Waals surface area contributed by atoms with Gasteiger partial charge in [-0.05, 0) is 36.1 Å². The van der Waals surface area contributed by atoms with Crippen molar-refractivity contribution in [3.8, 4) is 16.9 Å². The molecule has 1 fully saturated rings. The van der Waals surface area contributed by atoms with Crippen LogP contribution in [0.25, 0.3) is 32.8 Å². The fourth-order valence-corrected chi connectivity index (χ4v) is 6.05. The van der Waals surface area contributed by atoms with Gasteiger partial charge in [0.15, 0.2) is 0 Å². The molecule has 12 heteroatoms. The maximum Gasteiger partial charge on any atom is 0.274 e. The normalized spacial score (nSPS) is 13.8. The van der Waals surface area contributed by atoms with E-state index in [0.29, 0.717) is 59.7 Å². The first-order chi connectivity index (χ1) is 21.6. The Morgan fingerprint density at radius 3 is 2.31 bits per heavy atom. The third-order valence-corrected chi connectivity index (χ3v) is 8.41. The van der Waals surface area contributed by atoms with Gasteiger partial charge in [0.2, 0.25) is 5.91 Å². The summed E-state index contributed by atoms with van der Waals surface area (Å²) in [5.41, 5.74) is 1.94. The Labute approximate surface area is 274 Å². The van der Waals surface area contributed by atoms with Gasteiger partial charge in [-0.25, -0.2) is 24.2 Å². The highest BCUT2D eigenvalue weighted by atomic mass is 79.9. The number of piperazine rings is 1. The van der Waals surface area contributed by atoms with Crippen LogP contribution in [0.15, 0.2) is 53.6 Å².